The molecule has 1 aromatic heterocycles. The van der Waals surface area contributed by atoms with E-state index in [2.05, 4.69) is 27.8 Å². The van der Waals surface area contributed by atoms with Gasteiger partial charge in [0, 0.05) is 10.6 Å². The van der Waals surface area contributed by atoms with Gasteiger partial charge in [-0.05, 0) is 73.3 Å². The van der Waals surface area contributed by atoms with E-state index in [0.717, 1.165) is 19.3 Å². The molecular formula is C18H19F2N3O2S2. The first-order valence-corrected chi connectivity index (χ1v) is 9.67. The number of hydrazine groups is 1. The van der Waals surface area contributed by atoms with Crippen molar-refractivity contribution in [2.45, 2.75) is 32.8 Å². The fraction of sp³-hybridized carbons (Fsp3) is 0.333. The van der Waals surface area contributed by atoms with Crippen LogP contribution in [0.5, 0.6) is 5.75 Å². The summed E-state index contributed by atoms with van der Waals surface area (Å²) in [6, 6.07) is 7.83. The summed E-state index contributed by atoms with van der Waals surface area (Å²) < 4.78 is 28.5. The average molecular weight is 411 g/mol. The number of halogens is 2. The molecule has 0 radical (unpaired) electrons. The maximum Gasteiger partial charge on any atom is 0.387 e. The van der Waals surface area contributed by atoms with Gasteiger partial charge in [0.25, 0.3) is 5.91 Å². The van der Waals surface area contributed by atoms with Gasteiger partial charge in [0.1, 0.15) is 5.75 Å². The molecule has 3 rings (SSSR count). The monoisotopic (exact) mass is 411 g/mol. The molecule has 0 bridgehead atoms. The second kappa shape index (κ2) is 8.62. The summed E-state index contributed by atoms with van der Waals surface area (Å²) in [6.07, 6.45) is 3.19. The quantitative estimate of drug-likeness (QED) is 0.522. The van der Waals surface area contributed by atoms with E-state index in [1.165, 1.54) is 33.9 Å². The van der Waals surface area contributed by atoms with Crippen LogP contribution in [0.2, 0.25) is 0 Å². The van der Waals surface area contributed by atoms with Gasteiger partial charge in [-0.15, -0.1) is 11.3 Å². The normalized spacial score (nSPS) is 15.8. The van der Waals surface area contributed by atoms with Crippen LogP contribution >= 0.6 is 23.6 Å². The number of carbonyl (C=O) groups excluding carboxylic acids is 1. The van der Waals surface area contributed by atoms with E-state index in [1.54, 1.807) is 12.1 Å². The number of thiophene rings is 1. The Morgan fingerprint density at radius 3 is 2.74 bits per heavy atom. The summed E-state index contributed by atoms with van der Waals surface area (Å²) in [6.45, 7) is -0.647. The van der Waals surface area contributed by atoms with E-state index in [0.29, 0.717) is 16.5 Å². The highest BCUT2D eigenvalue weighted by Gasteiger charge is 2.20. The number of benzene rings is 1. The molecule has 5 nitrogen and oxygen atoms in total. The van der Waals surface area contributed by atoms with Gasteiger partial charge < -0.3 is 10.1 Å². The molecule has 3 N–H and O–H groups in total. The Morgan fingerprint density at radius 2 is 2.04 bits per heavy atom. The van der Waals surface area contributed by atoms with Crippen LogP contribution < -0.4 is 20.9 Å². The lowest BCUT2D eigenvalue weighted by molar-refractivity contribution is -0.0498. The van der Waals surface area contributed by atoms with Crippen LogP contribution in [0, 0.1) is 5.92 Å². The van der Waals surface area contributed by atoms with E-state index in [4.69, 9.17) is 12.2 Å². The van der Waals surface area contributed by atoms with Crippen LogP contribution in [0.4, 0.5) is 14.5 Å². The SMILES string of the molecule is CC1CCc2sc(C(=O)NNC(=S)Nc3ccc(OC(F)F)cc3)cc2C1. The van der Waals surface area contributed by atoms with E-state index < -0.39 is 6.61 Å². The van der Waals surface area contributed by atoms with Crippen molar-refractivity contribution in [2.75, 3.05) is 5.32 Å². The number of anilines is 1. The third-order valence-electron chi connectivity index (χ3n) is 4.18. The van der Waals surface area contributed by atoms with Crippen molar-refractivity contribution >= 4 is 40.3 Å². The number of fused-ring (bicyclic) bond motifs is 1. The zero-order chi connectivity index (χ0) is 19.4. The van der Waals surface area contributed by atoms with Crippen molar-refractivity contribution < 1.29 is 18.3 Å². The summed E-state index contributed by atoms with van der Waals surface area (Å²) in [4.78, 5) is 14.2. The van der Waals surface area contributed by atoms with E-state index in [9.17, 15) is 13.6 Å². The Kier molecular flexibility index (Phi) is 6.22. The lowest BCUT2D eigenvalue weighted by Crippen LogP contribution is -2.43. The first-order chi connectivity index (χ1) is 12.9. The molecule has 0 aliphatic heterocycles. The fourth-order valence-electron chi connectivity index (χ4n) is 2.87. The summed E-state index contributed by atoms with van der Waals surface area (Å²) >= 11 is 6.64. The first kappa shape index (κ1) is 19.5. The number of aryl methyl sites for hydroxylation is 1. The molecule has 0 spiro atoms. The zero-order valence-corrected chi connectivity index (χ0v) is 16.2. The topological polar surface area (TPSA) is 62.4 Å². The van der Waals surface area contributed by atoms with Crippen molar-refractivity contribution in [2.24, 2.45) is 5.92 Å². The third-order valence-corrected chi connectivity index (χ3v) is 5.62. The van der Waals surface area contributed by atoms with Crippen LogP contribution in [0.3, 0.4) is 0 Å². The molecule has 1 aromatic carbocycles. The van der Waals surface area contributed by atoms with E-state index >= 15 is 0 Å². The Balaban J connectivity index is 1.49. The second-order valence-electron chi connectivity index (χ2n) is 6.34. The van der Waals surface area contributed by atoms with Gasteiger partial charge in [-0.25, -0.2) is 0 Å². The highest BCUT2D eigenvalue weighted by molar-refractivity contribution is 7.80. The standard InChI is InChI=1S/C18H19F2N3O2S2/c1-10-2-7-14-11(8-10)9-15(27-14)16(24)22-23-18(26)21-12-3-5-13(6-4-12)25-17(19)20/h3-6,9-10,17H,2,7-8H2,1H3,(H,22,24)(H2,21,23,26). The number of rotatable bonds is 4. The van der Waals surface area contributed by atoms with Crippen molar-refractivity contribution in [3.63, 3.8) is 0 Å². The van der Waals surface area contributed by atoms with Gasteiger partial charge in [-0.1, -0.05) is 6.92 Å². The lowest BCUT2D eigenvalue weighted by atomic mass is 9.90. The Morgan fingerprint density at radius 1 is 1.30 bits per heavy atom. The molecule has 27 heavy (non-hydrogen) atoms. The maximum absolute atomic E-state index is 12.3. The van der Waals surface area contributed by atoms with Gasteiger partial charge in [-0.2, -0.15) is 8.78 Å². The lowest BCUT2D eigenvalue weighted by Gasteiger charge is -2.16. The number of carbonyl (C=O) groups is 1. The third kappa shape index (κ3) is 5.36. The summed E-state index contributed by atoms with van der Waals surface area (Å²) in [5.74, 6) is 0.459. The zero-order valence-electron chi connectivity index (χ0n) is 14.6. The van der Waals surface area contributed by atoms with Crippen molar-refractivity contribution in [3.8, 4) is 5.75 Å². The number of hydrogen-bond acceptors (Lipinski definition) is 4. The molecule has 1 unspecified atom stereocenters. The molecule has 9 heteroatoms. The van der Waals surface area contributed by atoms with Gasteiger partial charge in [-0.3, -0.25) is 15.6 Å². The van der Waals surface area contributed by atoms with E-state index in [1.807, 2.05) is 6.07 Å². The minimum atomic E-state index is -2.87. The van der Waals surface area contributed by atoms with Gasteiger partial charge in [0.15, 0.2) is 5.11 Å². The minimum absolute atomic E-state index is 0.0544. The van der Waals surface area contributed by atoms with Gasteiger partial charge >= 0.3 is 6.61 Å². The molecular weight excluding hydrogens is 392 g/mol. The molecule has 0 fully saturated rings. The van der Waals surface area contributed by atoms with Crippen LogP contribution in [0.1, 0.15) is 33.5 Å². The van der Waals surface area contributed by atoms with Crippen molar-refractivity contribution in [3.05, 3.63) is 45.6 Å². The minimum Gasteiger partial charge on any atom is -0.435 e. The largest absolute Gasteiger partial charge is 0.435 e. The number of nitrogens with one attached hydrogen (secondary N) is 3. The number of thiocarbonyl (C=S) groups is 1. The molecule has 144 valence electrons. The Bertz CT molecular complexity index is 825. The average Bonchev–Trinajstić information content (AvgIpc) is 3.04. The molecule has 0 saturated heterocycles. The van der Waals surface area contributed by atoms with Crippen molar-refractivity contribution in [1.29, 1.82) is 0 Å². The molecule has 1 amide bonds. The van der Waals surface area contributed by atoms with E-state index in [-0.39, 0.29) is 16.8 Å². The number of alkyl halides is 2. The smallest absolute Gasteiger partial charge is 0.387 e. The Labute approximate surface area is 165 Å². The highest BCUT2D eigenvalue weighted by Crippen LogP contribution is 2.32. The molecule has 2 aromatic rings. The van der Waals surface area contributed by atoms with Crippen LogP contribution in [-0.4, -0.2) is 17.6 Å². The predicted octanol–water partition coefficient (Wildman–Crippen LogP) is 4.11. The summed E-state index contributed by atoms with van der Waals surface area (Å²) in [5.41, 5.74) is 7.05. The maximum atomic E-state index is 12.3. The number of ether oxygens (including phenoxy) is 1. The van der Waals surface area contributed by atoms with Crippen LogP contribution in [0.15, 0.2) is 30.3 Å². The molecule has 1 atom stereocenters. The van der Waals surface area contributed by atoms with Gasteiger partial charge in [0.05, 0.1) is 4.88 Å². The Hall–Kier alpha value is -2.26. The number of amides is 1. The molecule has 1 aliphatic carbocycles. The van der Waals surface area contributed by atoms with Crippen molar-refractivity contribution in [1.82, 2.24) is 10.9 Å². The van der Waals surface area contributed by atoms with Crippen LogP contribution in [-0.2, 0) is 12.8 Å². The fourth-order valence-corrected chi connectivity index (χ4v) is 4.15. The molecule has 0 saturated carbocycles. The highest BCUT2D eigenvalue weighted by atomic mass is 32.1. The predicted molar refractivity (Wildman–Crippen MR) is 105 cm³/mol. The first-order valence-electron chi connectivity index (χ1n) is 8.44. The summed E-state index contributed by atoms with van der Waals surface area (Å²) in [7, 11) is 0. The van der Waals surface area contributed by atoms with Crippen LogP contribution in [0.25, 0.3) is 0 Å². The summed E-state index contributed by atoms with van der Waals surface area (Å²) in [5, 5.41) is 3.03. The second-order valence-corrected chi connectivity index (χ2v) is 7.89. The van der Waals surface area contributed by atoms with Gasteiger partial charge in [0.2, 0.25) is 0 Å². The number of hydrogen-bond donors (Lipinski definition) is 3. The molecule has 1 aliphatic rings. The molecule has 1 heterocycles.